The van der Waals surface area contributed by atoms with Crippen LogP contribution in [0.4, 0.5) is 5.69 Å². The Morgan fingerprint density at radius 3 is 2.60 bits per heavy atom. The van der Waals surface area contributed by atoms with E-state index in [1.165, 1.54) is 11.3 Å². The van der Waals surface area contributed by atoms with Gasteiger partial charge in [0, 0.05) is 16.7 Å². The maximum absolute atomic E-state index is 4.61. The lowest BCUT2D eigenvalue weighted by atomic mass is 10.2. The van der Waals surface area contributed by atoms with Crippen LogP contribution in [-0.2, 0) is 19.5 Å². The van der Waals surface area contributed by atoms with Gasteiger partial charge in [0.2, 0.25) is 0 Å². The quantitative estimate of drug-likeness (QED) is 0.772. The highest BCUT2D eigenvalue weighted by Crippen LogP contribution is 2.25. The van der Waals surface area contributed by atoms with Gasteiger partial charge in [0.05, 0.1) is 22.4 Å². The third-order valence-corrected chi connectivity index (χ3v) is 5.10. The Balaban J connectivity index is 2.17. The molecule has 0 saturated heterocycles. The molecule has 2 rings (SSSR count). The van der Waals surface area contributed by atoms with Crippen molar-refractivity contribution in [3.05, 3.63) is 44.1 Å². The molecule has 0 bridgehead atoms. The van der Waals surface area contributed by atoms with Gasteiger partial charge in [0.15, 0.2) is 0 Å². The number of nitrogens with zero attached hydrogens (tertiary/aromatic N) is 2. The van der Waals surface area contributed by atoms with Crippen molar-refractivity contribution in [3.8, 4) is 0 Å². The Labute approximate surface area is 137 Å². The fraction of sp³-hybridized carbons (Fsp3) is 0.400. The molecule has 1 heterocycles. The highest BCUT2D eigenvalue weighted by atomic mass is 79.9. The number of aryl methyl sites for hydroxylation is 3. The Morgan fingerprint density at radius 2 is 2.00 bits per heavy atom. The molecule has 1 N–H and O–H groups in total. The molecule has 0 atom stereocenters. The summed E-state index contributed by atoms with van der Waals surface area (Å²) < 4.78 is 4.31. The van der Waals surface area contributed by atoms with Gasteiger partial charge in [-0.05, 0) is 53.9 Å². The van der Waals surface area contributed by atoms with E-state index in [1.54, 1.807) is 0 Å². The topological polar surface area (TPSA) is 29.9 Å². The number of hydrogen-bond donors (Lipinski definition) is 1. The summed E-state index contributed by atoms with van der Waals surface area (Å²) in [5, 5.41) is 8.07. The van der Waals surface area contributed by atoms with Crippen LogP contribution in [0.1, 0.15) is 30.8 Å². The monoisotopic (exact) mass is 399 g/mol. The van der Waals surface area contributed by atoms with Gasteiger partial charge in [-0.15, -0.1) is 0 Å². The van der Waals surface area contributed by atoms with Crippen LogP contribution in [0.25, 0.3) is 0 Å². The number of hydrogen-bond acceptors (Lipinski definition) is 2. The van der Waals surface area contributed by atoms with E-state index in [2.05, 4.69) is 85.9 Å². The molecule has 0 fully saturated rings. The fourth-order valence-corrected chi connectivity index (χ4v) is 3.16. The first-order valence-corrected chi connectivity index (χ1v) is 8.39. The molecule has 0 aliphatic heterocycles. The largest absolute Gasteiger partial charge is 0.379 e. The molecule has 0 unspecified atom stereocenters. The lowest BCUT2D eigenvalue weighted by Crippen LogP contribution is -2.08. The number of anilines is 1. The van der Waals surface area contributed by atoms with E-state index in [0.717, 1.165) is 39.8 Å². The van der Waals surface area contributed by atoms with Crippen molar-refractivity contribution >= 4 is 37.5 Å². The number of nitrogens with one attached hydrogen (secondary N) is 1. The van der Waals surface area contributed by atoms with Crippen LogP contribution in [0.2, 0.25) is 0 Å². The smallest absolute Gasteiger partial charge is 0.0767 e. The van der Waals surface area contributed by atoms with Crippen molar-refractivity contribution in [2.45, 2.75) is 40.3 Å². The molecule has 0 saturated carbocycles. The maximum atomic E-state index is 4.61. The second-order valence-corrected chi connectivity index (χ2v) is 6.34. The Bertz CT molecular complexity index is 605. The molecule has 0 aliphatic carbocycles. The molecule has 0 spiro atoms. The normalized spacial score (nSPS) is 10.8. The fourth-order valence-electron chi connectivity index (χ4n) is 2.07. The van der Waals surface area contributed by atoms with E-state index in [0.29, 0.717) is 0 Å². The highest BCUT2D eigenvalue weighted by Gasteiger charge is 2.13. The van der Waals surface area contributed by atoms with Crippen LogP contribution in [0.5, 0.6) is 0 Å². The highest BCUT2D eigenvalue weighted by molar-refractivity contribution is 9.10. The zero-order valence-electron chi connectivity index (χ0n) is 12.0. The molecule has 3 nitrogen and oxygen atoms in total. The van der Waals surface area contributed by atoms with Crippen LogP contribution in [0.3, 0.4) is 0 Å². The standard InChI is InChI=1S/C15H19Br2N3/c1-4-13-15(17)14(20(5-2)19-13)9-18-11-7-6-10(3)12(16)8-11/h6-8,18H,4-5,9H2,1-3H3. The van der Waals surface area contributed by atoms with Crippen molar-refractivity contribution in [3.63, 3.8) is 0 Å². The van der Waals surface area contributed by atoms with Gasteiger partial charge in [0.25, 0.3) is 0 Å². The molecule has 108 valence electrons. The van der Waals surface area contributed by atoms with E-state index in [4.69, 9.17) is 0 Å². The predicted molar refractivity (Wildman–Crippen MR) is 91.2 cm³/mol. The molecule has 1 aromatic heterocycles. The lowest BCUT2D eigenvalue weighted by Gasteiger charge is -2.10. The van der Waals surface area contributed by atoms with E-state index in [-0.39, 0.29) is 0 Å². The van der Waals surface area contributed by atoms with Crippen molar-refractivity contribution in [1.82, 2.24) is 9.78 Å². The molecule has 2 aromatic rings. The van der Waals surface area contributed by atoms with E-state index < -0.39 is 0 Å². The van der Waals surface area contributed by atoms with Gasteiger partial charge >= 0.3 is 0 Å². The maximum Gasteiger partial charge on any atom is 0.0767 e. The first-order valence-electron chi connectivity index (χ1n) is 6.80. The first kappa shape index (κ1) is 15.6. The summed E-state index contributed by atoms with van der Waals surface area (Å²) in [6.07, 6.45) is 0.941. The van der Waals surface area contributed by atoms with Crippen LogP contribution in [0.15, 0.2) is 27.1 Å². The zero-order valence-corrected chi connectivity index (χ0v) is 15.2. The summed E-state index contributed by atoms with van der Waals surface area (Å²) in [6, 6.07) is 6.31. The summed E-state index contributed by atoms with van der Waals surface area (Å²) in [5.74, 6) is 0. The van der Waals surface area contributed by atoms with E-state index >= 15 is 0 Å². The molecule has 0 aliphatic rings. The van der Waals surface area contributed by atoms with Gasteiger partial charge in [0.1, 0.15) is 0 Å². The summed E-state index contributed by atoms with van der Waals surface area (Å²) >= 11 is 7.23. The summed E-state index contributed by atoms with van der Waals surface area (Å²) in [6.45, 7) is 7.97. The minimum Gasteiger partial charge on any atom is -0.379 e. The third-order valence-electron chi connectivity index (χ3n) is 3.33. The molecular formula is C15H19Br2N3. The molecular weight excluding hydrogens is 382 g/mol. The zero-order chi connectivity index (χ0) is 14.7. The number of aromatic nitrogens is 2. The number of halogens is 2. The van der Waals surface area contributed by atoms with E-state index in [9.17, 15) is 0 Å². The summed E-state index contributed by atoms with van der Waals surface area (Å²) in [7, 11) is 0. The minimum absolute atomic E-state index is 0.761. The molecule has 0 amide bonds. The average Bonchev–Trinajstić information content (AvgIpc) is 2.76. The Kier molecular flexibility index (Phi) is 5.27. The Hall–Kier alpha value is -0.810. The van der Waals surface area contributed by atoms with Crippen molar-refractivity contribution < 1.29 is 0 Å². The van der Waals surface area contributed by atoms with Crippen LogP contribution < -0.4 is 5.32 Å². The predicted octanol–water partition coefficient (Wildman–Crippen LogP) is 4.91. The summed E-state index contributed by atoms with van der Waals surface area (Å²) in [4.78, 5) is 0. The number of rotatable bonds is 5. The minimum atomic E-state index is 0.761. The molecule has 5 heteroatoms. The summed E-state index contributed by atoms with van der Waals surface area (Å²) in [5.41, 5.74) is 4.66. The third kappa shape index (κ3) is 3.26. The van der Waals surface area contributed by atoms with Crippen LogP contribution in [0, 0.1) is 6.92 Å². The van der Waals surface area contributed by atoms with Gasteiger partial charge < -0.3 is 5.32 Å². The SMILES string of the molecule is CCc1nn(CC)c(CNc2ccc(C)c(Br)c2)c1Br. The number of benzene rings is 1. The van der Waals surface area contributed by atoms with Crippen molar-refractivity contribution in [1.29, 1.82) is 0 Å². The van der Waals surface area contributed by atoms with Crippen LogP contribution >= 0.6 is 31.9 Å². The first-order chi connectivity index (χ1) is 9.56. The van der Waals surface area contributed by atoms with Gasteiger partial charge in [-0.25, -0.2) is 0 Å². The van der Waals surface area contributed by atoms with Gasteiger partial charge in [-0.3, -0.25) is 4.68 Å². The Morgan fingerprint density at radius 1 is 1.25 bits per heavy atom. The lowest BCUT2D eigenvalue weighted by molar-refractivity contribution is 0.619. The van der Waals surface area contributed by atoms with Crippen LogP contribution in [-0.4, -0.2) is 9.78 Å². The molecule has 1 aromatic carbocycles. The second-order valence-electron chi connectivity index (χ2n) is 4.69. The average molecular weight is 401 g/mol. The second kappa shape index (κ2) is 6.76. The van der Waals surface area contributed by atoms with Crippen molar-refractivity contribution in [2.75, 3.05) is 5.32 Å². The molecule has 0 radical (unpaired) electrons. The van der Waals surface area contributed by atoms with Gasteiger partial charge in [-0.2, -0.15) is 5.10 Å². The van der Waals surface area contributed by atoms with Crippen molar-refractivity contribution in [2.24, 2.45) is 0 Å². The van der Waals surface area contributed by atoms with E-state index in [1.807, 2.05) is 0 Å². The molecule has 20 heavy (non-hydrogen) atoms. The van der Waals surface area contributed by atoms with Gasteiger partial charge in [-0.1, -0.05) is 28.9 Å².